The molecule has 0 radical (unpaired) electrons. The summed E-state index contributed by atoms with van der Waals surface area (Å²) in [5.41, 5.74) is -4.36. The van der Waals surface area contributed by atoms with E-state index in [2.05, 4.69) is 13.2 Å². The molecule has 8 heteroatoms. The van der Waals surface area contributed by atoms with E-state index in [1.54, 1.807) is 0 Å². The first-order valence-corrected chi connectivity index (χ1v) is 3.66. The maximum atomic E-state index is 13.1. The van der Waals surface area contributed by atoms with Crippen LogP contribution in [0.2, 0.25) is 0 Å². The zero-order valence-electron chi connectivity index (χ0n) is 7.59. The Balaban J connectivity index is 5.69. The van der Waals surface area contributed by atoms with Gasteiger partial charge in [0.15, 0.2) is 0 Å². The fourth-order valence-electron chi connectivity index (χ4n) is 0.758. The van der Waals surface area contributed by atoms with Gasteiger partial charge in [-0.1, -0.05) is 13.2 Å². The number of halogens is 8. The number of rotatable bonds is 4. The average molecular weight is 254 g/mol. The van der Waals surface area contributed by atoms with Gasteiger partial charge in [-0.05, 0) is 12.2 Å². The van der Waals surface area contributed by atoms with E-state index in [0.717, 1.165) is 0 Å². The van der Waals surface area contributed by atoms with E-state index in [0.29, 0.717) is 0 Å². The monoisotopic (exact) mass is 254 g/mol. The molecule has 0 aromatic rings. The van der Waals surface area contributed by atoms with Crippen molar-refractivity contribution in [1.82, 2.24) is 0 Å². The van der Waals surface area contributed by atoms with E-state index in [-0.39, 0.29) is 12.2 Å². The molecule has 16 heavy (non-hydrogen) atoms. The lowest BCUT2D eigenvalue weighted by molar-refractivity contribution is -0.370. The first kappa shape index (κ1) is 14.9. The van der Waals surface area contributed by atoms with Crippen LogP contribution in [0, 0.1) is 0 Å². The van der Waals surface area contributed by atoms with Crippen LogP contribution in [-0.2, 0) is 0 Å². The molecule has 0 rings (SSSR count). The molecule has 0 aliphatic carbocycles. The minimum Gasteiger partial charge on any atom is -0.228 e. The third kappa shape index (κ3) is 1.80. The molecule has 0 aliphatic rings. The molecule has 0 nitrogen and oxygen atoms in total. The summed E-state index contributed by atoms with van der Waals surface area (Å²) in [7, 11) is 0. The summed E-state index contributed by atoms with van der Waals surface area (Å²) in [5.74, 6) is -12.6. The third-order valence-corrected chi connectivity index (χ3v) is 1.83. The van der Waals surface area contributed by atoms with Gasteiger partial charge in [-0.25, -0.2) is 4.39 Å². The standard InChI is InChI=1S/C8H6F8/c1-3-5(9,4-2)6(10,11)7(12,13)8(14,15)16/h3-4H,1-2H2. The Morgan fingerprint density at radius 1 is 0.625 bits per heavy atom. The smallest absolute Gasteiger partial charge is 0.228 e. The molecular weight excluding hydrogens is 248 g/mol. The Hall–Kier alpha value is -1.08. The van der Waals surface area contributed by atoms with Gasteiger partial charge < -0.3 is 0 Å². The van der Waals surface area contributed by atoms with E-state index in [4.69, 9.17) is 0 Å². The molecule has 0 saturated carbocycles. The molecule has 0 saturated heterocycles. The van der Waals surface area contributed by atoms with Crippen molar-refractivity contribution in [1.29, 1.82) is 0 Å². The van der Waals surface area contributed by atoms with Crippen molar-refractivity contribution < 1.29 is 35.1 Å². The molecule has 0 aliphatic heterocycles. The highest BCUT2D eigenvalue weighted by molar-refractivity contribution is 5.21. The molecule has 0 unspecified atom stereocenters. The van der Waals surface area contributed by atoms with Gasteiger partial charge in [0.25, 0.3) is 0 Å². The predicted octanol–water partition coefficient (Wildman–Crippen LogP) is 3.90. The first-order chi connectivity index (χ1) is 6.87. The topological polar surface area (TPSA) is 0 Å². The molecule has 0 heterocycles. The minimum absolute atomic E-state index is 0.361. The number of alkyl halides is 8. The van der Waals surface area contributed by atoms with Crippen molar-refractivity contribution in [2.75, 3.05) is 0 Å². The minimum atomic E-state index is -6.58. The summed E-state index contributed by atoms with van der Waals surface area (Å²) in [5, 5.41) is 0. The van der Waals surface area contributed by atoms with Crippen LogP contribution in [0.1, 0.15) is 0 Å². The molecule has 0 fully saturated rings. The second-order valence-corrected chi connectivity index (χ2v) is 2.82. The van der Waals surface area contributed by atoms with Crippen molar-refractivity contribution in [2.24, 2.45) is 0 Å². The summed E-state index contributed by atoms with van der Waals surface area (Å²) in [6.45, 7) is 4.88. The van der Waals surface area contributed by atoms with Gasteiger partial charge in [-0.2, -0.15) is 30.7 Å². The van der Waals surface area contributed by atoms with E-state index in [9.17, 15) is 35.1 Å². The van der Waals surface area contributed by atoms with Crippen LogP contribution in [0.4, 0.5) is 35.1 Å². The fourth-order valence-corrected chi connectivity index (χ4v) is 0.758. The summed E-state index contributed by atoms with van der Waals surface area (Å²) in [6.07, 6.45) is -7.31. The molecular formula is C8H6F8. The zero-order valence-corrected chi connectivity index (χ0v) is 7.59. The summed E-state index contributed by atoms with van der Waals surface area (Å²) < 4.78 is 98.3. The second-order valence-electron chi connectivity index (χ2n) is 2.82. The Labute approximate surface area is 85.2 Å². The fraction of sp³-hybridized carbons (Fsp3) is 0.500. The van der Waals surface area contributed by atoms with Crippen molar-refractivity contribution >= 4 is 0 Å². The van der Waals surface area contributed by atoms with E-state index < -0.39 is 23.7 Å². The van der Waals surface area contributed by atoms with Gasteiger partial charge in [-0.3, -0.25) is 0 Å². The lowest BCUT2D eigenvalue weighted by Crippen LogP contribution is -2.61. The van der Waals surface area contributed by atoms with Gasteiger partial charge in [-0.15, -0.1) is 0 Å². The molecule has 0 N–H and O–H groups in total. The summed E-state index contributed by atoms with van der Waals surface area (Å²) >= 11 is 0. The maximum Gasteiger partial charge on any atom is 0.460 e. The van der Waals surface area contributed by atoms with E-state index >= 15 is 0 Å². The molecule has 0 amide bonds. The maximum absolute atomic E-state index is 13.1. The van der Waals surface area contributed by atoms with Crippen LogP contribution in [0.15, 0.2) is 25.3 Å². The molecule has 94 valence electrons. The van der Waals surface area contributed by atoms with E-state index in [1.165, 1.54) is 0 Å². The molecule has 0 spiro atoms. The Kier molecular flexibility index (Phi) is 3.49. The van der Waals surface area contributed by atoms with Crippen molar-refractivity contribution in [3.8, 4) is 0 Å². The molecule has 0 atom stereocenters. The van der Waals surface area contributed by atoms with Crippen molar-refractivity contribution in [2.45, 2.75) is 23.7 Å². The molecule has 0 aromatic heterocycles. The van der Waals surface area contributed by atoms with Gasteiger partial charge in [0, 0.05) is 0 Å². The van der Waals surface area contributed by atoms with Gasteiger partial charge >= 0.3 is 18.0 Å². The third-order valence-electron chi connectivity index (χ3n) is 1.83. The quantitative estimate of drug-likeness (QED) is 0.527. The number of hydrogen-bond acceptors (Lipinski definition) is 0. The van der Waals surface area contributed by atoms with Gasteiger partial charge in [0.1, 0.15) is 0 Å². The van der Waals surface area contributed by atoms with Crippen LogP contribution >= 0.6 is 0 Å². The van der Waals surface area contributed by atoms with Crippen LogP contribution < -0.4 is 0 Å². The van der Waals surface area contributed by atoms with Gasteiger partial charge in [0.2, 0.25) is 5.67 Å². The van der Waals surface area contributed by atoms with Crippen molar-refractivity contribution in [3.63, 3.8) is 0 Å². The lowest BCUT2D eigenvalue weighted by atomic mass is 9.92. The van der Waals surface area contributed by atoms with Gasteiger partial charge in [0.05, 0.1) is 0 Å². The number of allylic oxidation sites excluding steroid dienone is 2. The molecule has 0 bridgehead atoms. The zero-order chi connectivity index (χ0) is 13.4. The second kappa shape index (κ2) is 3.74. The molecule has 0 aromatic carbocycles. The SMILES string of the molecule is C=CC(F)(C=C)C(F)(F)C(F)(F)C(F)(F)F. The van der Waals surface area contributed by atoms with Crippen LogP contribution in [0.5, 0.6) is 0 Å². The van der Waals surface area contributed by atoms with Crippen LogP contribution in [-0.4, -0.2) is 23.7 Å². The summed E-state index contributed by atoms with van der Waals surface area (Å²) in [4.78, 5) is 0. The van der Waals surface area contributed by atoms with Crippen LogP contribution in [0.3, 0.4) is 0 Å². The largest absolute Gasteiger partial charge is 0.460 e. The number of hydrogen-bond donors (Lipinski definition) is 0. The van der Waals surface area contributed by atoms with E-state index in [1.807, 2.05) is 0 Å². The highest BCUT2D eigenvalue weighted by Gasteiger charge is 2.79. The first-order valence-electron chi connectivity index (χ1n) is 3.66. The normalized spacial score (nSPS) is 14.8. The van der Waals surface area contributed by atoms with Crippen molar-refractivity contribution in [3.05, 3.63) is 25.3 Å². The highest BCUT2D eigenvalue weighted by Crippen LogP contribution is 2.53. The summed E-state index contributed by atoms with van der Waals surface area (Å²) in [6, 6.07) is 0. The van der Waals surface area contributed by atoms with Crippen LogP contribution in [0.25, 0.3) is 0 Å². The highest BCUT2D eigenvalue weighted by atomic mass is 19.4. The average Bonchev–Trinajstić information content (AvgIpc) is 2.14. The predicted molar refractivity (Wildman–Crippen MR) is 40.2 cm³/mol. The Morgan fingerprint density at radius 3 is 1.12 bits per heavy atom. The lowest BCUT2D eigenvalue weighted by Gasteiger charge is -2.34. The Bertz CT molecular complexity index is 279. The Morgan fingerprint density at radius 2 is 0.938 bits per heavy atom.